The van der Waals surface area contributed by atoms with Crippen molar-refractivity contribution in [2.24, 2.45) is 0 Å². The highest BCUT2D eigenvalue weighted by Gasteiger charge is 2.19. The number of pyridine rings is 1. The second-order valence-electron chi connectivity index (χ2n) is 7.44. The summed E-state index contributed by atoms with van der Waals surface area (Å²) in [6.45, 7) is 3.94. The summed E-state index contributed by atoms with van der Waals surface area (Å²) in [4.78, 5) is 0.318. The third-order valence-electron chi connectivity index (χ3n) is 5.22. The van der Waals surface area contributed by atoms with E-state index in [1.807, 2.05) is 40.8 Å². The minimum Gasteiger partial charge on any atom is -0.496 e. The van der Waals surface area contributed by atoms with Gasteiger partial charge in [-0.05, 0) is 49.7 Å². The summed E-state index contributed by atoms with van der Waals surface area (Å²) in [6.07, 6.45) is 1.65. The van der Waals surface area contributed by atoms with Gasteiger partial charge in [0, 0.05) is 17.7 Å². The fraction of sp³-hybridized carbons (Fsp3) is 0.217. The van der Waals surface area contributed by atoms with E-state index < -0.39 is 15.1 Å². The number of nitrogens with one attached hydrogen (secondary N) is 1. The van der Waals surface area contributed by atoms with Crippen LogP contribution in [0.25, 0.3) is 16.8 Å². The van der Waals surface area contributed by atoms with Crippen LogP contribution in [0.15, 0.2) is 71.9 Å². The summed E-state index contributed by atoms with van der Waals surface area (Å²) in [5.74, 6) is 1.66. The molecule has 0 aliphatic rings. The summed E-state index contributed by atoms with van der Waals surface area (Å²) in [6, 6.07) is 18.7. The number of sulfone groups is 1. The van der Waals surface area contributed by atoms with E-state index >= 15 is 0 Å². The maximum Gasteiger partial charge on any atom is 0.180 e. The largest absolute Gasteiger partial charge is 0.496 e. The number of ether oxygens (including phenoxy) is 1. The quantitative estimate of drug-likeness (QED) is 0.467. The number of hydrogen-bond donors (Lipinski definition) is 1. The van der Waals surface area contributed by atoms with Gasteiger partial charge in [0.1, 0.15) is 17.9 Å². The van der Waals surface area contributed by atoms with E-state index in [4.69, 9.17) is 4.74 Å². The number of para-hydroxylation sites is 1. The fourth-order valence-corrected chi connectivity index (χ4v) is 4.47. The minimum atomic E-state index is -3.31. The van der Waals surface area contributed by atoms with Crippen LogP contribution in [0.4, 0.5) is 5.82 Å². The molecule has 0 aliphatic carbocycles. The molecule has 0 atom stereocenters. The normalized spacial score (nSPS) is 11.7. The van der Waals surface area contributed by atoms with E-state index in [9.17, 15) is 8.42 Å². The Morgan fingerprint density at radius 2 is 1.77 bits per heavy atom. The lowest BCUT2D eigenvalue weighted by atomic mass is 10.1. The van der Waals surface area contributed by atoms with Crippen molar-refractivity contribution in [3.05, 3.63) is 72.6 Å². The molecule has 8 heteroatoms. The number of aromatic nitrogens is 3. The minimum absolute atomic E-state index is 0.318. The van der Waals surface area contributed by atoms with Crippen molar-refractivity contribution in [3.63, 3.8) is 0 Å². The molecule has 0 fully saturated rings. The number of anilines is 1. The van der Waals surface area contributed by atoms with Crippen LogP contribution in [0, 0.1) is 0 Å². The second kappa shape index (κ2) is 8.39. The van der Waals surface area contributed by atoms with Crippen LogP contribution in [-0.2, 0) is 16.4 Å². The molecular formula is C23H24N4O3S. The van der Waals surface area contributed by atoms with E-state index in [2.05, 4.69) is 15.5 Å². The molecule has 160 valence electrons. The first-order valence-corrected chi connectivity index (χ1v) is 11.5. The highest BCUT2D eigenvalue weighted by Crippen LogP contribution is 2.28. The van der Waals surface area contributed by atoms with Gasteiger partial charge in [-0.3, -0.25) is 4.40 Å². The van der Waals surface area contributed by atoms with Crippen LogP contribution in [0.2, 0.25) is 0 Å². The zero-order chi connectivity index (χ0) is 22.0. The molecule has 0 bridgehead atoms. The molecular weight excluding hydrogens is 412 g/mol. The van der Waals surface area contributed by atoms with Crippen LogP contribution in [0.5, 0.6) is 5.75 Å². The van der Waals surface area contributed by atoms with Crippen molar-refractivity contribution in [1.29, 1.82) is 0 Å². The molecule has 4 aromatic rings. The van der Waals surface area contributed by atoms with Gasteiger partial charge in [0.25, 0.3) is 0 Å². The molecule has 7 nitrogen and oxygen atoms in total. The summed E-state index contributed by atoms with van der Waals surface area (Å²) < 4.78 is 32.1. The summed E-state index contributed by atoms with van der Waals surface area (Å²) in [5.41, 5.74) is 3.47. The Labute approximate surface area is 181 Å². The second-order valence-corrected chi connectivity index (χ2v) is 9.94. The predicted molar refractivity (Wildman–Crippen MR) is 121 cm³/mol. The highest BCUT2D eigenvalue weighted by atomic mass is 32.2. The van der Waals surface area contributed by atoms with Gasteiger partial charge in [0.15, 0.2) is 15.5 Å². The first-order valence-electron chi connectivity index (χ1n) is 9.94. The molecule has 0 aliphatic heterocycles. The van der Waals surface area contributed by atoms with Crippen molar-refractivity contribution in [3.8, 4) is 16.9 Å². The van der Waals surface area contributed by atoms with Crippen LogP contribution in [0.1, 0.15) is 19.4 Å². The monoisotopic (exact) mass is 436 g/mol. The molecule has 2 aromatic carbocycles. The maximum absolute atomic E-state index is 12.4. The topological polar surface area (TPSA) is 85.6 Å². The van der Waals surface area contributed by atoms with Crippen molar-refractivity contribution in [2.75, 3.05) is 12.4 Å². The Morgan fingerprint density at radius 1 is 1.03 bits per heavy atom. The van der Waals surface area contributed by atoms with Crippen molar-refractivity contribution >= 4 is 21.3 Å². The Bertz CT molecular complexity index is 1310. The molecule has 0 unspecified atom stereocenters. The number of rotatable bonds is 7. The van der Waals surface area contributed by atoms with E-state index in [0.29, 0.717) is 17.1 Å². The third kappa shape index (κ3) is 3.98. The van der Waals surface area contributed by atoms with Crippen LogP contribution in [-0.4, -0.2) is 35.4 Å². The van der Waals surface area contributed by atoms with Crippen LogP contribution in [0.3, 0.4) is 0 Å². The van der Waals surface area contributed by atoms with Gasteiger partial charge in [-0.2, -0.15) is 0 Å². The zero-order valence-electron chi connectivity index (χ0n) is 17.6. The van der Waals surface area contributed by atoms with Gasteiger partial charge in [0.05, 0.1) is 17.3 Å². The van der Waals surface area contributed by atoms with E-state index in [-0.39, 0.29) is 0 Å². The molecule has 0 saturated carbocycles. The Morgan fingerprint density at radius 3 is 2.48 bits per heavy atom. The molecule has 0 spiro atoms. The third-order valence-corrected chi connectivity index (χ3v) is 7.39. The molecule has 2 aromatic heterocycles. The molecule has 0 radical (unpaired) electrons. The fourth-order valence-electron chi connectivity index (χ4n) is 3.41. The summed E-state index contributed by atoms with van der Waals surface area (Å²) >= 11 is 0. The van der Waals surface area contributed by atoms with Gasteiger partial charge >= 0.3 is 0 Å². The number of benzene rings is 2. The van der Waals surface area contributed by atoms with Gasteiger partial charge in [0.2, 0.25) is 0 Å². The van der Waals surface area contributed by atoms with Gasteiger partial charge < -0.3 is 10.1 Å². The number of fused-ring (bicyclic) bond motifs is 1. The van der Waals surface area contributed by atoms with E-state index in [1.165, 1.54) is 0 Å². The first-order chi connectivity index (χ1) is 14.9. The maximum atomic E-state index is 12.4. The SMILES string of the molecule is COc1ccccc1CNc1ccc(-c2ccc(S(=O)(=O)C(C)C)cc2)c2nncn12. The predicted octanol–water partition coefficient (Wildman–Crippen LogP) is 4.20. The lowest BCUT2D eigenvalue weighted by Gasteiger charge is -2.13. The number of hydrogen-bond acceptors (Lipinski definition) is 6. The van der Waals surface area contributed by atoms with Gasteiger partial charge in [-0.1, -0.05) is 30.3 Å². The molecule has 4 rings (SSSR count). The van der Waals surface area contributed by atoms with E-state index in [1.54, 1.807) is 51.6 Å². The average molecular weight is 437 g/mol. The van der Waals surface area contributed by atoms with Crippen molar-refractivity contribution in [2.45, 2.75) is 30.5 Å². The first kappa shape index (κ1) is 20.9. The Kier molecular flexibility index (Phi) is 5.65. The van der Waals surface area contributed by atoms with Gasteiger partial charge in [-0.25, -0.2) is 8.42 Å². The lowest BCUT2D eigenvalue weighted by molar-refractivity contribution is 0.410. The summed E-state index contributed by atoms with van der Waals surface area (Å²) in [7, 11) is -1.65. The molecule has 0 amide bonds. The standard InChI is InChI=1S/C23H24N4O3S/c1-16(2)31(28,29)19-10-8-17(9-11-19)20-12-13-22(27-15-25-26-23(20)27)24-14-18-6-4-5-7-21(18)30-3/h4-13,15-16,24H,14H2,1-3H3. The smallest absolute Gasteiger partial charge is 0.180 e. The number of nitrogens with zero attached hydrogens (tertiary/aromatic N) is 3. The Hall–Kier alpha value is -3.39. The van der Waals surface area contributed by atoms with E-state index in [0.717, 1.165) is 28.3 Å². The molecule has 31 heavy (non-hydrogen) atoms. The van der Waals surface area contributed by atoms with Crippen LogP contribution >= 0.6 is 0 Å². The highest BCUT2D eigenvalue weighted by molar-refractivity contribution is 7.92. The zero-order valence-corrected chi connectivity index (χ0v) is 18.4. The average Bonchev–Trinajstić information content (AvgIpc) is 3.28. The molecule has 1 N–H and O–H groups in total. The number of methoxy groups -OCH3 is 1. The van der Waals surface area contributed by atoms with Crippen molar-refractivity contribution < 1.29 is 13.2 Å². The Balaban J connectivity index is 1.64. The molecule has 0 saturated heterocycles. The molecule has 2 heterocycles. The van der Waals surface area contributed by atoms with Gasteiger partial charge in [-0.15, -0.1) is 10.2 Å². The summed E-state index contributed by atoms with van der Waals surface area (Å²) in [5, 5.41) is 11.3. The van der Waals surface area contributed by atoms with Crippen molar-refractivity contribution in [1.82, 2.24) is 14.6 Å². The lowest BCUT2D eigenvalue weighted by Crippen LogP contribution is -2.13. The van der Waals surface area contributed by atoms with Crippen LogP contribution < -0.4 is 10.1 Å².